The van der Waals surface area contributed by atoms with E-state index in [-0.39, 0.29) is 0 Å². The summed E-state index contributed by atoms with van der Waals surface area (Å²) in [5.41, 5.74) is 4.16. The minimum Gasteiger partial charge on any atom is -0.496 e. The fourth-order valence-corrected chi connectivity index (χ4v) is 4.13. The van der Waals surface area contributed by atoms with Gasteiger partial charge in [0.15, 0.2) is 0 Å². The molecule has 0 radical (unpaired) electrons. The number of rotatable bonds is 5. The summed E-state index contributed by atoms with van der Waals surface area (Å²) in [4.78, 5) is 16.8. The number of piperazine rings is 1. The van der Waals surface area contributed by atoms with Crippen molar-refractivity contribution in [1.29, 1.82) is 0 Å². The van der Waals surface area contributed by atoms with Gasteiger partial charge in [-0.3, -0.25) is 9.88 Å². The zero-order valence-electron chi connectivity index (χ0n) is 17.3. The lowest BCUT2D eigenvalue weighted by atomic mass is 10.0. The first-order valence-electron chi connectivity index (χ1n) is 10.3. The van der Waals surface area contributed by atoms with Crippen molar-refractivity contribution >= 4 is 5.82 Å². The topological polar surface area (TPSA) is 44.7 Å². The largest absolute Gasteiger partial charge is 0.496 e. The molecule has 1 aromatic heterocycles. The predicted octanol–water partition coefficient (Wildman–Crippen LogP) is 2.81. The van der Waals surface area contributed by atoms with Crippen LogP contribution in [0.15, 0.2) is 24.4 Å². The second-order valence-corrected chi connectivity index (χ2v) is 7.97. The molecule has 0 spiro atoms. The molecular weight excluding hydrogens is 350 g/mol. The Morgan fingerprint density at radius 2 is 1.79 bits per heavy atom. The first-order chi connectivity index (χ1) is 13.6. The van der Waals surface area contributed by atoms with E-state index in [0.29, 0.717) is 0 Å². The fourth-order valence-electron chi connectivity index (χ4n) is 4.13. The lowest BCUT2D eigenvalue weighted by molar-refractivity contribution is 0.148. The van der Waals surface area contributed by atoms with E-state index in [1.807, 2.05) is 13.1 Å². The van der Waals surface area contributed by atoms with Crippen LogP contribution in [0.2, 0.25) is 0 Å². The zero-order chi connectivity index (χ0) is 19.5. The molecule has 150 valence electrons. The van der Waals surface area contributed by atoms with E-state index in [9.17, 15) is 0 Å². The SMILES string of the molecule is COc1cc(CN2CCN(C)CC2)ccc1-c1ncc(N2CCCC2)nc1C. The molecule has 6 heteroatoms. The first-order valence-corrected chi connectivity index (χ1v) is 10.3. The van der Waals surface area contributed by atoms with Crippen molar-refractivity contribution in [3.05, 3.63) is 35.7 Å². The highest BCUT2D eigenvalue weighted by molar-refractivity contribution is 5.70. The van der Waals surface area contributed by atoms with E-state index in [4.69, 9.17) is 14.7 Å². The highest BCUT2D eigenvalue weighted by atomic mass is 16.5. The van der Waals surface area contributed by atoms with E-state index in [1.54, 1.807) is 7.11 Å². The van der Waals surface area contributed by atoms with Gasteiger partial charge in [0, 0.05) is 51.4 Å². The summed E-state index contributed by atoms with van der Waals surface area (Å²) in [6.45, 7) is 9.66. The van der Waals surface area contributed by atoms with Gasteiger partial charge in [-0.15, -0.1) is 0 Å². The van der Waals surface area contributed by atoms with E-state index in [0.717, 1.165) is 74.3 Å². The Bertz CT molecular complexity index is 811. The first kappa shape index (κ1) is 19.2. The van der Waals surface area contributed by atoms with Crippen LogP contribution in [0.5, 0.6) is 5.75 Å². The number of hydrogen-bond donors (Lipinski definition) is 0. The molecule has 0 bridgehead atoms. The molecule has 4 rings (SSSR count). The molecule has 2 aliphatic heterocycles. The maximum absolute atomic E-state index is 5.73. The fraction of sp³-hybridized carbons (Fsp3) is 0.545. The lowest BCUT2D eigenvalue weighted by Crippen LogP contribution is -2.43. The standard InChI is InChI=1S/C22H31N5O/c1-17-22(23-15-21(24-17)27-8-4-5-9-27)19-7-6-18(14-20(19)28-3)16-26-12-10-25(2)11-13-26/h6-7,14-15H,4-5,8-13,16H2,1-3H3. The monoisotopic (exact) mass is 381 g/mol. The molecule has 2 aromatic rings. The Kier molecular flexibility index (Phi) is 5.78. The van der Waals surface area contributed by atoms with Crippen LogP contribution in [0, 0.1) is 6.92 Å². The Morgan fingerprint density at radius 3 is 2.46 bits per heavy atom. The minimum absolute atomic E-state index is 0.873. The molecule has 0 N–H and O–H groups in total. The zero-order valence-corrected chi connectivity index (χ0v) is 17.3. The van der Waals surface area contributed by atoms with Crippen molar-refractivity contribution in [2.24, 2.45) is 0 Å². The van der Waals surface area contributed by atoms with Crippen LogP contribution in [0.3, 0.4) is 0 Å². The van der Waals surface area contributed by atoms with Crippen LogP contribution in [-0.4, -0.2) is 73.2 Å². The molecular formula is C22H31N5O. The van der Waals surface area contributed by atoms with Gasteiger partial charge >= 0.3 is 0 Å². The number of anilines is 1. The van der Waals surface area contributed by atoms with Crippen LogP contribution in [-0.2, 0) is 6.54 Å². The summed E-state index contributed by atoms with van der Waals surface area (Å²) < 4.78 is 5.73. The summed E-state index contributed by atoms with van der Waals surface area (Å²) in [6, 6.07) is 6.49. The van der Waals surface area contributed by atoms with Gasteiger partial charge < -0.3 is 14.5 Å². The van der Waals surface area contributed by atoms with E-state index >= 15 is 0 Å². The number of nitrogens with zero attached hydrogens (tertiary/aromatic N) is 5. The number of aryl methyl sites for hydroxylation is 1. The molecule has 0 amide bonds. The highest BCUT2D eigenvalue weighted by Gasteiger charge is 2.18. The van der Waals surface area contributed by atoms with Crippen molar-refractivity contribution in [1.82, 2.24) is 19.8 Å². The maximum atomic E-state index is 5.73. The minimum atomic E-state index is 0.873. The molecule has 0 aliphatic carbocycles. The van der Waals surface area contributed by atoms with Gasteiger partial charge in [0.05, 0.1) is 24.7 Å². The molecule has 3 heterocycles. The summed E-state index contributed by atoms with van der Waals surface area (Å²) >= 11 is 0. The normalized spacial score (nSPS) is 18.6. The Balaban J connectivity index is 1.54. The van der Waals surface area contributed by atoms with Gasteiger partial charge in [-0.25, -0.2) is 4.98 Å². The number of likely N-dealkylation sites (N-methyl/N-ethyl adjacent to an activating group) is 1. The Labute approximate surface area is 168 Å². The van der Waals surface area contributed by atoms with Gasteiger partial charge in [0.25, 0.3) is 0 Å². The number of methoxy groups -OCH3 is 1. The van der Waals surface area contributed by atoms with Crippen LogP contribution < -0.4 is 9.64 Å². The number of benzene rings is 1. The molecule has 0 atom stereocenters. The predicted molar refractivity (Wildman–Crippen MR) is 113 cm³/mol. The van der Waals surface area contributed by atoms with Crippen molar-refractivity contribution in [2.45, 2.75) is 26.3 Å². The van der Waals surface area contributed by atoms with E-state index in [1.165, 1.54) is 18.4 Å². The molecule has 6 nitrogen and oxygen atoms in total. The Hall–Kier alpha value is -2.18. The second-order valence-electron chi connectivity index (χ2n) is 7.97. The van der Waals surface area contributed by atoms with Gasteiger partial charge in [-0.05, 0) is 44.5 Å². The maximum Gasteiger partial charge on any atom is 0.147 e. The summed E-state index contributed by atoms with van der Waals surface area (Å²) in [6.07, 6.45) is 4.39. The molecule has 0 saturated carbocycles. The molecule has 2 fully saturated rings. The van der Waals surface area contributed by atoms with Gasteiger partial charge in [-0.2, -0.15) is 0 Å². The van der Waals surface area contributed by atoms with Crippen LogP contribution in [0.1, 0.15) is 24.1 Å². The second kappa shape index (κ2) is 8.45. The van der Waals surface area contributed by atoms with E-state index < -0.39 is 0 Å². The van der Waals surface area contributed by atoms with Gasteiger partial charge in [-0.1, -0.05) is 6.07 Å². The van der Waals surface area contributed by atoms with Gasteiger partial charge in [0.2, 0.25) is 0 Å². The quantitative estimate of drug-likeness (QED) is 0.794. The third kappa shape index (κ3) is 4.13. The highest BCUT2D eigenvalue weighted by Crippen LogP contribution is 2.32. The van der Waals surface area contributed by atoms with Crippen molar-refractivity contribution in [2.75, 3.05) is 58.3 Å². The molecule has 1 aromatic carbocycles. The summed E-state index contributed by atoms with van der Waals surface area (Å²) in [5.74, 6) is 1.86. The number of ether oxygens (including phenoxy) is 1. The molecule has 28 heavy (non-hydrogen) atoms. The summed E-state index contributed by atoms with van der Waals surface area (Å²) in [5, 5.41) is 0. The van der Waals surface area contributed by atoms with Crippen molar-refractivity contribution in [3.8, 4) is 17.0 Å². The molecule has 0 unspecified atom stereocenters. The van der Waals surface area contributed by atoms with E-state index in [2.05, 4.69) is 39.9 Å². The third-order valence-corrected chi connectivity index (χ3v) is 5.89. The van der Waals surface area contributed by atoms with Gasteiger partial charge in [0.1, 0.15) is 11.6 Å². The Morgan fingerprint density at radius 1 is 1.04 bits per heavy atom. The smallest absolute Gasteiger partial charge is 0.147 e. The number of aromatic nitrogens is 2. The van der Waals surface area contributed by atoms with Crippen molar-refractivity contribution < 1.29 is 4.74 Å². The average Bonchev–Trinajstić information content (AvgIpc) is 3.25. The van der Waals surface area contributed by atoms with Crippen LogP contribution >= 0.6 is 0 Å². The number of hydrogen-bond acceptors (Lipinski definition) is 6. The van der Waals surface area contributed by atoms with Crippen molar-refractivity contribution in [3.63, 3.8) is 0 Å². The van der Waals surface area contributed by atoms with Crippen LogP contribution in [0.25, 0.3) is 11.3 Å². The van der Waals surface area contributed by atoms with Crippen LogP contribution in [0.4, 0.5) is 5.82 Å². The third-order valence-electron chi connectivity index (χ3n) is 5.89. The lowest BCUT2D eigenvalue weighted by Gasteiger charge is -2.32. The molecule has 2 saturated heterocycles. The molecule has 2 aliphatic rings. The average molecular weight is 382 g/mol. The summed E-state index contributed by atoms with van der Waals surface area (Å²) in [7, 11) is 3.92.